The van der Waals surface area contributed by atoms with Crippen molar-refractivity contribution < 1.29 is 14.7 Å². The fourth-order valence-electron chi connectivity index (χ4n) is 1.92. The minimum atomic E-state index is -0.883. The highest BCUT2D eigenvalue weighted by atomic mass is 16.4. The van der Waals surface area contributed by atoms with E-state index in [1.807, 2.05) is 17.7 Å². The largest absolute Gasteiger partial charge is 0.481 e. The van der Waals surface area contributed by atoms with Gasteiger partial charge >= 0.3 is 5.97 Å². The van der Waals surface area contributed by atoms with Gasteiger partial charge in [0.25, 0.3) is 0 Å². The lowest BCUT2D eigenvalue weighted by atomic mass is 9.85. The van der Waals surface area contributed by atoms with Crippen LogP contribution in [0.1, 0.15) is 32.5 Å². The van der Waals surface area contributed by atoms with Gasteiger partial charge in [-0.05, 0) is 12.3 Å². The highest BCUT2D eigenvalue weighted by molar-refractivity contribution is 5.77. The molecule has 6 nitrogen and oxygen atoms in total. The summed E-state index contributed by atoms with van der Waals surface area (Å²) in [6.45, 7) is 6.63. The van der Waals surface area contributed by atoms with Crippen molar-refractivity contribution in [3.05, 3.63) is 18.2 Å². The van der Waals surface area contributed by atoms with Crippen molar-refractivity contribution in [3.8, 4) is 0 Å². The molecule has 1 aromatic rings. The number of nitrogens with one attached hydrogen (secondary N) is 1. The average Bonchev–Trinajstić information content (AvgIpc) is 2.61. The van der Waals surface area contributed by atoms with Gasteiger partial charge in [-0.1, -0.05) is 13.8 Å². The van der Waals surface area contributed by atoms with Crippen LogP contribution in [0.5, 0.6) is 0 Å². The molecule has 2 N–H and O–H groups in total. The van der Waals surface area contributed by atoms with Gasteiger partial charge in [0.15, 0.2) is 0 Å². The molecule has 0 radical (unpaired) electrons. The van der Waals surface area contributed by atoms with Crippen LogP contribution in [0.15, 0.2) is 12.4 Å². The first-order valence-corrected chi connectivity index (χ1v) is 6.26. The number of rotatable bonds is 7. The zero-order valence-electron chi connectivity index (χ0n) is 11.6. The Balaban J connectivity index is 2.32. The topological polar surface area (TPSA) is 84.2 Å². The van der Waals surface area contributed by atoms with Gasteiger partial charge in [-0.2, -0.15) is 0 Å². The van der Waals surface area contributed by atoms with E-state index in [4.69, 9.17) is 5.11 Å². The van der Waals surface area contributed by atoms with E-state index in [9.17, 15) is 9.59 Å². The van der Waals surface area contributed by atoms with Crippen LogP contribution in [-0.2, 0) is 16.1 Å². The molecule has 0 saturated carbocycles. The Kier molecular flexibility index (Phi) is 5.09. The molecule has 0 atom stereocenters. The van der Waals surface area contributed by atoms with Crippen LogP contribution in [0.25, 0.3) is 0 Å². The molecular formula is C13H21N3O3. The highest BCUT2D eigenvalue weighted by Crippen LogP contribution is 2.24. The molecule has 106 valence electrons. The number of carboxylic acid groups (broad SMARTS) is 1. The van der Waals surface area contributed by atoms with Crippen LogP contribution < -0.4 is 5.32 Å². The van der Waals surface area contributed by atoms with Crippen LogP contribution in [0.2, 0.25) is 0 Å². The molecule has 1 aromatic heterocycles. The number of aliphatic carboxylic acids is 1. The van der Waals surface area contributed by atoms with Gasteiger partial charge in [0.05, 0.1) is 6.42 Å². The number of aromatic nitrogens is 2. The number of carboxylic acids is 1. The molecule has 0 bridgehead atoms. The van der Waals surface area contributed by atoms with Gasteiger partial charge in [0.2, 0.25) is 5.91 Å². The zero-order valence-corrected chi connectivity index (χ0v) is 11.6. The zero-order chi connectivity index (χ0) is 14.5. The first-order valence-electron chi connectivity index (χ1n) is 6.26. The third-order valence-electron chi connectivity index (χ3n) is 2.87. The molecule has 1 heterocycles. The van der Waals surface area contributed by atoms with Crippen molar-refractivity contribution in [2.24, 2.45) is 5.41 Å². The van der Waals surface area contributed by atoms with E-state index in [0.29, 0.717) is 13.1 Å². The van der Waals surface area contributed by atoms with E-state index in [0.717, 1.165) is 5.82 Å². The van der Waals surface area contributed by atoms with Crippen molar-refractivity contribution in [2.75, 3.05) is 6.54 Å². The molecule has 0 aliphatic heterocycles. The maximum Gasteiger partial charge on any atom is 0.303 e. The molecule has 6 heteroatoms. The van der Waals surface area contributed by atoms with E-state index < -0.39 is 11.4 Å². The van der Waals surface area contributed by atoms with Gasteiger partial charge < -0.3 is 15.0 Å². The van der Waals surface area contributed by atoms with Crippen LogP contribution in [0.4, 0.5) is 0 Å². The minimum Gasteiger partial charge on any atom is -0.481 e. The first kappa shape index (κ1) is 15.2. The van der Waals surface area contributed by atoms with Gasteiger partial charge in [0, 0.05) is 31.9 Å². The average molecular weight is 267 g/mol. The maximum absolute atomic E-state index is 11.7. The first-order chi connectivity index (χ1) is 8.80. The standard InChI is InChI=1S/C13H21N3O3/c1-10-14-4-6-16(10)7-5-15-11(17)8-13(2,3)9-12(18)19/h4,6H,5,7-9H2,1-3H3,(H,15,17)(H,18,19). The minimum absolute atomic E-state index is 0.0128. The summed E-state index contributed by atoms with van der Waals surface area (Å²) < 4.78 is 1.95. The normalized spacial score (nSPS) is 11.3. The van der Waals surface area contributed by atoms with Gasteiger partial charge in [-0.15, -0.1) is 0 Å². The number of amides is 1. The van der Waals surface area contributed by atoms with Crippen molar-refractivity contribution in [2.45, 2.75) is 40.2 Å². The monoisotopic (exact) mass is 267 g/mol. The maximum atomic E-state index is 11.7. The summed E-state index contributed by atoms with van der Waals surface area (Å²) in [4.78, 5) is 26.5. The lowest BCUT2D eigenvalue weighted by Gasteiger charge is -2.21. The van der Waals surface area contributed by atoms with Crippen molar-refractivity contribution >= 4 is 11.9 Å². The summed E-state index contributed by atoms with van der Waals surface area (Å²) in [6, 6.07) is 0. The van der Waals surface area contributed by atoms with E-state index >= 15 is 0 Å². The third-order valence-corrected chi connectivity index (χ3v) is 2.87. The molecule has 0 unspecified atom stereocenters. The number of hydrogen-bond acceptors (Lipinski definition) is 3. The molecule has 19 heavy (non-hydrogen) atoms. The molecular weight excluding hydrogens is 246 g/mol. The summed E-state index contributed by atoms with van der Waals surface area (Å²) in [5.74, 6) is -0.101. The summed E-state index contributed by atoms with van der Waals surface area (Å²) in [7, 11) is 0. The molecule has 0 saturated heterocycles. The molecule has 0 aliphatic rings. The number of nitrogens with zero attached hydrogens (tertiary/aromatic N) is 2. The van der Waals surface area contributed by atoms with Gasteiger partial charge in [0.1, 0.15) is 5.82 Å². The number of carbonyl (C=O) groups is 2. The van der Waals surface area contributed by atoms with E-state index in [-0.39, 0.29) is 18.7 Å². The van der Waals surface area contributed by atoms with E-state index in [1.54, 1.807) is 20.0 Å². The third kappa shape index (κ3) is 5.54. The fraction of sp³-hybridized carbons (Fsp3) is 0.615. The lowest BCUT2D eigenvalue weighted by molar-refractivity contribution is -0.139. The van der Waals surface area contributed by atoms with E-state index in [2.05, 4.69) is 10.3 Å². The molecule has 0 aliphatic carbocycles. The Bertz CT molecular complexity index is 452. The molecule has 1 rings (SSSR count). The highest BCUT2D eigenvalue weighted by Gasteiger charge is 2.24. The Morgan fingerprint density at radius 1 is 1.42 bits per heavy atom. The van der Waals surface area contributed by atoms with Crippen LogP contribution in [0, 0.1) is 12.3 Å². The van der Waals surface area contributed by atoms with Crippen molar-refractivity contribution in [1.29, 1.82) is 0 Å². The quantitative estimate of drug-likeness (QED) is 0.777. The smallest absolute Gasteiger partial charge is 0.303 e. The predicted molar refractivity (Wildman–Crippen MR) is 70.6 cm³/mol. The second-order valence-electron chi connectivity index (χ2n) is 5.43. The number of imidazole rings is 1. The second-order valence-corrected chi connectivity index (χ2v) is 5.43. The summed E-state index contributed by atoms with van der Waals surface area (Å²) in [6.07, 6.45) is 3.77. The van der Waals surface area contributed by atoms with Crippen LogP contribution >= 0.6 is 0 Å². The van der Waals surface area contributed by atoms with Crippen molar-refractivity contribution in [1.82, 2.24) is 14.9 Å². The van der Waals surface area contributed by atoms with Gasteiger partial charge in [-0.25, -0.2) is 4.98 Å². The number of aryl methyl sites for hydroxylation is 1. The number of hydrogen-bond donors (Lipinski definition) is 2. The number of carbonyl (C=O) groups excluding carboxylic acids is 1. The summed E-state index contributed by atoms with van der Waals surface area (Å²) in [5, 5.41) is 11.5. The molecule has 0 spiro atoms. The predicted octanol–water partition coefficient (Wildman–Crippen LogP) is 1.20. The van der Waals surface area contributed by atoms with Crippen LogP contribution in [0.3, 0.4) is 0 Å². The van der Waals surface area contributed by atoms with Gasteiger partial charge in [-0.3, -0.25) is 9.59 Å². The molecule has 0 aromatic carbocycles. The Morgan fingerprint density at radius 3 is 2.63 bits per heavy atom. The summed E-state index contributed by atoms with van der Waals surface area (Å²) in [5.41, 5.74) is -0.527. The lowest BCUT2D eigenvalue weighted by Crippen LogP contribution is -2.32. The second kappa shape index (κ2) is 6.36. The van der Waals surface area contributed by atoms with Crippen molar-refractivity contribution in [3.63, 3.8) is 0 Å². The summed E-state index contributed by atoms with van der Waals surface area (Å²) >= 11 is 0. The Labute approximate surface area is 112 Å². The molecule has 0 fully saturated rings. The molecule has 1 amide bonds. The Morgan fingerprint density at radius 2 is 2.11 bits per heavy atom. The van der Waals surface area contributed by atoms with E-state index in [1.165, 1.54) is 0 Å². The SMILES string of the molecule is Cc1nccn1CCNC(=O)CC(C)(C)CC(=O)O. The fourth-order valence-corrected chi connectivity index (χ4v) is 1.92. The van der Waals surface area contributed by atoms with Crippen LogP contribution in [-0.4, -0.2) is 33.1 Å². The Hall–Kier alpha value is -1.85.